The average molecular weight is 150 g/mol. The summed E-state index contributed by atoms with van der Waals surface area (Å²) in [6.45, 7) is 8.13. The van der Waals surface area contributed by atoms with Gasteiger partial charge in [-0.15, -0.1) is 0 Å². The number of azo groups is 1. The lowest BCUT2D eigenvalue weighted by Crippen LogP contribution is -2.11. The summed E-state index contributed by atoms with van der Waals surface area (Å²) in [6, 6.07) is 0. The smallest absolute Gasteiger partial charge is 0.0949 e. The molecule has 0 radical (unpaired) electrons. The lowest BCUT2D eigenvalue weighted by molar-refractivity contribution is 0.615. The minimum Gasteiger partial charge on any atom is -0.179 e. The highest BCUT2D eigenvalue weighted by atomic mass is 15.1. The number of hydrogen-bond acceptors (Lipinski definition) is 2. The molecule has 1 rings (SSSR count). The molecule has 0 N–H and O–H groups in total. The maximum absolute atomic E-state index is 4.17. The van der Waals surface area contributed by atoms with Gasteiger partial charge in [0, 0.05) is 0 Å². The molecule has 0 aromatic heterocycles. The highest BCUT2D eigenvalue weighted by Crippen LogP contribution is 2.20. The molecular weight excluding hydrogens is 136 g/mol. The zero-order chi connectivity index (χ0) is 8.48. The fourth-order valence-corrected chi connectivity index (χ4v) is 1.19. The third kappa shape index (κ3) is 2.30. The summed E-state index contributed by atoms with van der Waals surface area (Å²) in [6.07, 6.45) is 4.16. The Kier molecular flexibility index (Phi) is 1.94. The standard InChI is InChI=1S/C9H14N2/c1-7-5-8(2)10-11-9(3,4)6-7/h5-6H,1-4H3. The van der Waals surface area contributed by atoms with Gasteiger partial charge in [-0.1, -0.05) is 11.6 Å². The van der Waals surface area contributed by atoms with Crippen LogP contribution in [0, 0.1) is 0 Å². The first-order chi connectivity index (χ1) is 4.99. The number of hydrogen-bond donors (Lipinski definition) is 0. The van der Waals surface area contributed by atoms with Gasteiger partial charge in [-0.2, -0.15) is 10.2 Å². The SMILES string of the molecule is CC1=CC(C)(C)N=NC(C)=C1. The van der Waals surface area contributed by atoms with Gasteiger partial charge in [0.25, 0.3) is 0 Å². The molecule has 2 heteroatoms. The molecule has 0 aliphatic carbocycles. The Labute approximate surface area is 67.7 Å². The van der Waals surface area contributed by atoms with Crippen molar-refractivity contribution in [3.8, 4) is 0 Å². The van der Waals surface area contributed by atoms with E-state index >= 15 is 0 Å². The Balaban J connectivity index is 3.02. The van der Waals surface area contributed by atoms with Gasteiger partial charge in [0.05, 0.1) is 11.2 Å². The molecule has 0 aromatic rings. The fraction of sp³-hybridized carbons (Fsp3) is 0.556. The van der Waals surface area contributed by atoms with Gasteiger partial charge in [-0.05, 0) is 33.8 Å². The first-order valence-electron chi connectivity index (χ1n) is 3.80. The van der Waals surface area contributed by atoms with Crippen LogP contribution in [0.2, 0.25) is 0 Å². The van der Waals surface area contributed by atoms with Crippen LogP contribution in [0.3, 0.4) is 0 Å². The monoisotopic (exact) mass is 150 g/mol. The molecule has 0 saturated heterocycles. The largest absolute Gasteiger partial charge is 0.179 e. The third-order valence-electron chi connectivity index (χ3n) is 1.48. The van der Waals surface area contributed by atoms with E-state index in [9.17, 15) is 0 Å². The molecule has 0 bridgehead atoms. The van der Waals surface area contributed by atoms with Crippen LogP contribution in [-0.2, 0) is 0 Å². The molecule has 60 valence electrons. The van der Waals surface area contributed by atoms with Crippen LogP contribution in [0.4, 0.5) is 0 Å². The first-order valence-corrected chi connectivity index (χ1v) is 3.80. The molecule has 0 aromatic carbocycles. The molecule has 0 spiro atoms. The van der Waals surface area contributed by atoms with Gasteiger partial charge in [0.15, 0.2) is 0 Å². The van der Waals surface area contributed by atoms with Crippen molar-refractivity contribution in [3.63, 3.8) is 0 Å². The van der Waals surface area contributed by atoms with E-state index in [1.165, 1.54) is 5.57 Å². The van der Waals surface area contributed by atoms with Crippen molar-refractivity contribution in [3.05, 3.63) is 23.4 Å². The predicted octanol–water partition coefficient (Wildman–Crippen LogP) is 3.08. The van der Waals surface area contributed by atoms with Crippen molar-refractivity contribution < 1.29 is 0 Å². The Morgan fingerprint density at radius 1 is 1.27 bits per heavy atom. The topological polar surface area (TPSA) is 24.7 Å². The van der Waals surface area contributed by atoms with E-state index in [1.54, 1.807) is 0 Å². The molecule has 1 aliphatic rings. The van der Waals surface area contributed by atoms with Gasteiger partial charge < -0.3 is 0 Å². The molecule has 0 amide bonds. The molecule has 0 saturated carbocycles. The molecule has 0 atom stereocenters. The van der Waals surface area contributed by atoms with Gasteiger partial charge >= 0.3 is 0 Å². The normalized spacial score (nSPS) is 22.2. The van der Waals surface area contributed by atoms with E-state index in [0.29, 0.717) is 0 Å². The molecule has 0 fully saturated rings. The summed E-state index contributed by atoms with van der Waals surface area (Å²) in [5.41, 5.74) is 2.07. The van der Waals surface area contributed by atoms with Gasteiger partial charge in [-0.25, -0.2) is 0 Å². The van der Waals surface area contributed by atoms with Crippen molar-refractivity contribution in [2.45, 2.75) is 33.2 Å². The van der Waals surface area contributed by atoms with Crippen LogP contribution in [-0.4, -0.2) is 5.54 Å². The summed E-state index contributed by atoms with van der Waals surface area (Å²) in [5.74, 6) is 0. The van der Waals surface area contributed by atoms with Crippen LogP contribution in [0.5, 0.6) is 0 Å². The Hall–Kier alpha value is -0.920. The van der Waals surface area contributed by atoms with E-state index < -0.39 is 0 Å². The summed E-state index contributed by atoms with van der Waals surface area (Å²) >= 11 is 0. The highest BCUT2D eigenvalue weighted by molar-refractivity contribution is 5.25. The third-order valence-corrected chi connectivity index (χ3v) is 1.48. The van der Waals surface area contributed by atoms with E-state index in [1.807, 2.05) is 26.8 Å². The van der Waals surface area contributed by atoms with E-state index in [4.69, 9.17) is 0 Å². The lowest BCUT2D eigenvalue weighted by Gasteiger charge is -2.10. The van der Waals surface area contributed by atoms with Crippen molar-refractivity contribution in [1.29, 1.82) is 0 Å². The van der Waals surface area contributed by atoms with Crippen LogP contribution in [0.25, 0.3) is 0 Å². The Morgan fingerprint density at radius 3 is 2.55 bits per heavy atom. The summed E-state index contributed by atoms with van der Waals surface area (Å²) in [4.78, 5) is 0. The quantitative estimate of drug-likeness (QED) is 0.507. The lowest BCUT2D eigenvalue weighted by atomic mass is 10.0. The summed E-state index contributed by atoms with van der Waals surface area (Å²) < 4.78 is 0. The Morgan fingerprint density at radius 2 is 1.91 bits per heavy atom. The van der Waals surface area contributed by atoms with Crippen molar-refractivity contribution in [1.82, 2.24) is 0 Å². The molecule has 11 heavy (non-hydrogen) atoms. The molecular formula is C9H14N2. The van der Waals surface area contributed by atoms with E-state index in [0.717, 1.165) is 5.70 Å². The Bertz CT molecular complexity index is 244. The fourth-order valence-electron chi connectivity index (χ4n) is 1.19. The maximum atomic E-state index is 4.17. The predicted molar refractivity (Wildman–Crippen MR) is 46.4 cm³/mol. The van der Waals surface area contributed by atoms with Crippen molar-refractivity contribution >= 4 is 0 Å². The summed E-state index contributed by atoms with van der Waals surface area (Å²) in [7, 11) is 0. The second-order valence-electron chi connectivity index (χ2n) is 3.53. The van der Waals surface area contributed by atoms with Gasteiger partial charge in [0.1, 0.15) is 0 Å². The zero-order valence-electron chi connectivity index (χ0n) is 7.55. The summed E-state index contributed by atoms with van der Waals surface area (Å²) in [5, 5.41) is 8.23. The highest BCUT2D eigenvalue weighted by Gasteiger charge is 2.14. The number of rotatable bonds is 0. The van der Waals surface area contributed by atoms with Crippen LogP contribution in [0.15, 0.2) is 33.7 Å². The minimum absolute atomic E-state index is 0.141. The van der Waals surface area contributed by atoms with Crippen LogP contribution < -0.4 is 0 Å². The van der Waals surface area contributed by atoms with Crippen LogP contribution in [0.1, 0.15) is 27.7 Å². The van der Waals surface area contributed by atoms with Crippen molar-refractivity contribution in [2.24, 2.45) is 10.2 Å². The van der Waals surface area contributed by atoms with Gasteiger partial charge in [-0.3, -0.25) is 0 Å². The molecule has 1 heterocycles. The van der Waals surface area contributed by atoms with Gasteiger partial charge in [0.2, 0.25) is 0 Å². The molecule has 1 aliphatic heterocycles. The molecule has 0 unspecified atom stereocenters. The molecule has 2 nitrogen and oxygen atoms in total. The second kappa shape index (κ2) is 2.61. The number of nitrogens with zero attached hydrogens (tertiary/aromatic N) is 2. The zero-order valence-corrected chi connectivity index (χ0v) is 7.55. The van der Waals surface area contributed by atoms with E-state index in [-0.39, 0.29) is 5.54 Å². The van der Waals surface area contributed by atoms with Crippen LogP contribution >= 0.6 is 0 Å². The van der Waals surface area contributed by atoms with Crippen molar-refractivity contribution in [2.75, 3.05) is 0 Å². The minimum atomic E-state index is -0.141. The number of allylic oxidation sites excluding steroid dienone is 3. The first kappa shape index (κ1) is 8.18. The average Bonchev–Trinajstić information content (AvgIpc) is 1.90. The maximum Gasteiger partial charge on any atom is 0.0949 e. The van der Waals surface area contributed by atoms with E-state index in [2.05, 4.69) is 23.2 Å². The second-order valence-corrected chi connectivity index (χ2v) is 3.53.